The van der Waals surface area contributed by atoms with Crippen LogP contribution in [0.1, 0.15) is 48.0 Å². The number of amides is 2. The second-order valence-corrected chi connectivity index (χ2v) is 32.5. The summed E-state index contributed by atoms with van der Waals surface area (Å²) in [5.74, 6) is -4.19. The zero-order valence-electron chi connectivity index (χ0n) is 66.9. The molecular formula is C71H122N2O49. The summed E-state index contributed by atoms with van der Waals surface area (Å²) < 4.78 is 114. The van der Waals surface area contributed by atoms with Crippen molar-refractivity contribution in [2.75, 3.05) is 66.1 Å². The lowest BCUT2D eigenvalue weighted by molar-refractivity contribution is -0.400. The summed E-state index contributed by atoms with van der Waals surface area (Å²) in [6, 6.07) is -3.08. The summed E-state index contributed by atoms with van der Waals surface area (Å²) in [6.45, 7) is -1.65. The van der Waals surface area contributed by atoms with Crippen LogP contribution in [0.25, 0.3) is 0 Å². The largest absolute Gasteiger partial charge is 0.394 e. The highest BCUT2D eigenvalue weighted by Gasteiger charge is 2.61. The molecule has 30 N–H and O–H groups in total. The van der Waals surface area contributed by atoms with Crippen LogP contribution in [0, 0.1) is 17.8 Å². The number of hydrogen-bond acceptors (Lipinski definition) is 49. The molecule has 10 rings (SSSR count). The average Bonchev–Trinajstić information content (AvgIpc) is 0.762. The molecule has 51 nitrogen and oxygen atoms in total. The van der Waals surface area contributed by atoms with Gasteiger partial charge in [0.05, 0.1) is 96.5 Å². The van der Waals surface area contributed by atoms with E-state index in [2.05, 4.69) is 10.6 Å². The summed E-state index contributed by atoms with van der Waals surface area (Å²) >= 11 is 0. The van der Waals surface area contributed by atoms with E-state index in [0.29, 0.717) is 0 Å². The molecule has 10 aliphatic heterocycles. The Morgan fingerprint density at radius 3 is 1.16 bits per heavy atom. The predicted molar refractivity (Wildman–Crippen MR) is 382 cm³/mol. The number of aliphatic hydroxyl groups is 28. The van der Waals surface area contributed by atoms with Crippen LogP contribution in [0.5, 0.6) is 0 Å². The lowest BCUT2D eigenvalue weighted by atomic mass is 9.87. The Labute approximate surface area is 695 Å². The van der Waals surface area contributed by atoms with Gasteiger partial charge in [-0.05, 0) is 5.92 Å². The van der Waals surface area contributed by atoms with Crippen LogP contribution >= 0.6 is 0 Å². The third-order valence-corrected chi connectivity index (χ3v) is 23.6. The molecule has 10 saturated heterocycles. The maximum absolute atomic E-state index is 13.1. The average molecular weight is 1790 g/mol. The van der Waals surface area contributed by atoms with Gasteiger partial charge in [-0.3, -0.25) is 9.59 Å². The summed E-state index contributed by atoms with van der Waals surface area (Å²) in [5.41, 5.74) is 0. The molecule has 10 aliphatic rings. The molecule has 0 aliphatic carbocycles. The smallest absolute Gasteiger partial charge is 0.217 e. The van der Waals surface area contributed by atoms with E-state index in [1.165, 1.54) is 13.8 Å². The van der Waals surface area contributed by atoms with Gasteiger partial charge in [0.1, 0.15) is 214 Å². The third-order valence-electron chi connectivity index (χ3n) is 23.6. The SMILES string of the molecule is CC(=O)N[C@@H]1C(O[C@@H]2C(CO)OC(C(C)C)[C@@H](NC(C)=O)[C@H]2O)OC(CO)[C@@H](OC2OC(COC3OC(COC4OC(CO)[C@@H](O)[C@H](O)[C@H]4O)[C@@H](O)[C@H](OC4O[C@@H](CO)[C@@H](O)[C@H](O)C4O)[C@H]3O)[C@@H](O)[C@H](O[C@H]3OC(CO)[C@@H](O)[C@H](O)C3OC3OC(CO)[C@@H](OC4OC(CO[C@@H]5CC(O)[C@@H](C)C(C(O)C(O)CO)O5)[C@H](O)[C@H](O)[C@@H]4O)[C@H](O)[C@@H]3C)[C@H]2O)[C@@H]1O. The zero-order chi connectivity index (χ0) is 89.8. The van der Waals surface area contributed by atoms with Crippen molar-refractivity contribution in [3.8, 4) is 0 Å². The van der Waals surface area contributed by atoms with E-state index in [9.17, 15) is 153 Å². The van der Waals surface area contributed by atoms with E-state index in [1.54, 1.807) is 13.8 Å². The lowest BCUT2D eigenvalue weighted by Gasteiger charge is -2.51. The van der Waals surface area contributed by atoms with Gasteiger partial charge in [-0.2, -0.15) is 0 Å². The van der Waals surface area contributed by atoms with Gasteiger partial charge >= 0.3 is 0 Å². The van der Waals surface area contributed by atoms with Crippen molar-refractivity contribution >= 4 is 11.8 Å². The van der Waals surface area contributed by atoms with E-state index < -0.39 is 396 Å². The summed E-state index contributed by atoms with van der Waals surface area (Å²) in [7, 11) is 0. The fraction of sp³-hybridized carbons (Fsp3) is 0.972. The van der Waals surface area contributed by atoms with Crippen molar-refractivity contribution in [3.05, 3.63) is 0 Å². The minimum absolute atomic E-state index is 0.230. The first-order chi connectivity index (χ1) is 57.7. The van der Waals surface area contributed by atoms with E-state index in [-0.39, 0.29) is 6.42 Å². The molecule has 0 saturated carbocycles. The Bertz CT molecular complexity index is 3170. The quantitative estimate of drug-likeness (QED) is 0.0290. The van der Waals surface area contributed by atoms with Crippen LogP contribution < -0.4 is 10.6 Å². The fourth-order valence-corrected chi connectivity index (χ4v) is 16.4. The van der Waals surface area contributed by atoms with Crippen molar-refractivity contribution in [3.63, 3.8) is 0 Å². The van der Waals surface area contributed by atoms with Crippen LogP contribution in [-0.4, -0.2) is 522 Å². The number of carbonyl (C=O) groups is 2. The molecule has 0 aromatic heterocycles. The van der Waals surface area contributed by atoms with Crippen molar-refractivity contribution in [2.24, 2.45) is 17.8 Å². The predicted octanol–water partition coefficient (Wildman–Crippen LogP) is -18.5. The van der Waals surface area contributed by atoms with Gasteiger partial charge in [-0.1, -0.05) is 27.7 Å². The minimum Gasteiger partial charge on any atom is -0.394 e. The molecule has 10 fully saturated rings. The van der Waals surface area contributed by atoms with Crippen molar-refractivity contribution in [1.29, 1.82) is 0 Å². The molecule has 0 radical (unpaired) electrons. The first-order valence-corrected chi connectivity index (χ1v) is 40.1. The molecular weight excluding hydrogens is 1660 g/mol. The second-order valence-electron chi connectivity index (χ2n) is 32.5. The van der Waals surface area contributed by atoms with Crippen molar-refractivity contribution in [2.45, 2.75) is 349 Å². The summed E-state index contributed by atoms with van der Waals surface area (Å²) in [4.78, 5) is 25.6. The number of hydrogen-bond donors (Lipinski definition) is 30. The molecule has 0 bridgehead atoms. The van der Waals surface area contributed by atoms with Crippen LogP contribution in [0.3, 0.4) is 0 Å². The highest BCUT2D eigenvalue weighted by atomic mass is 16.8. The number of ether oxygens (including phenoxy) is 19. The summed E-state index contributed by atoms with van der Waals surface area (Å²) in [6.07, 6.45) is -92.0. The molecule has 22 unspecified atom stereocenters. The molecule has 0 aromatic rings. The minimum atomic E-state index is -2.53. The molecule has 122 heavy (non-hydrogen) atoms. The molecule has 51 heteroatoms. The standard InChI is InChI=1S/C71H122N2O49/c1-18(2)56-35(72-21(5)81)45(93)59(28(12-78)107-56)117-65-36(73-22(6)82)46(94)60(30(14-80)112-65)119-70-55(103)62(44(92)33(115-70)17-106-67-54(102)61(120-68-52(100)48(96)40(88)26(10-76)109-68)43(91)32(113-67)16-105-66-51(99)47(95)39(87)25(9-75)108-66)121-71-63(50(98)41(89)27(11-77)110-71)122-64-20(4)37(85)58(29(13-79)111-64)118-69-53(101)49(97)42(90)31(114-69)15-104-34-7-23(83)19(3)57(116-34)38(86)24(84)8-74/h18-20,23-71,74-80,83-103H,7-17H2,1-6H3,(H,72,81)(H,73,82)/t19-,20+,23?,24?,25?,26+,27?,28?,29?,30?,31?,32?,33?,34+,35+,36+,37-,38?,39-,40-,41-,42+,43-,44-,45-,46-,47+,48+,49+,50+,51-,52?,53+,54-,55-,56?,57?,58-,59-,60-,61+,62+,63?,64?,65?,66?,67?,68?,69?,70?,71-/m1/s1. The van der Waals surface area contributed by atoms with Gasteiger partial charge in [-0.15, -0.1) is 0 Å². The number of carbonyl (C=O) groups excluding carboxylic acids is 2. The third kappa shape index (κ3) is 22.3. The molecule has 0 aromatic carbocycles. The van der Waals surface area contributed by atoms with E-state index in [0.717, 1.165) is 13.8 Å². The second kappa shape index (κ2) is 44.3. The number of rotatable bonds is 33. The Morgan fingerprint density at radius 1 is 0.320 bits per heavy atom. The van der Waals surface area contributed by atoms with Gasteiger partial charge in [0.15, 0.2) is 56.6 Å². The monoisotopic (exact) mass is 1790 g/mol. The highest BCUT2D eigenvalue weighted by molar-refractivity contribution is 5.73. The first kappa shape index (κ1) is 101. The molecule has 0 spiro atoms. The van der Waals surface area contributed by atoms with Crippen LogP contribution in [-0.2, 0) is 99.6 Å². The van der Waals surface area contributed by atoms with E-state index in [1.807, 2.05) is 0 Å². The Hall–Kier alpha value is -2.94. The number of aliphatic hydroxyl groups excluding tert-OH is 28. The van der Waals surface area contributed by atoms with E-state index >= 15 is 0 Å². The van der Waals surface area contributed by atoms with Crippen molar-refractivity contribution in [1.82, 2.24) is 10.6 Å². The fourth-order valence-electron chi connectivity index (χ4n) is 16.4. The van der Waals surface area contributed by atoms with Crippen LogP contribution in [0.4, 0.5) is 0 Å². The van der Waals surface area contributed by atoms with Gasteiger partial charge in [-0.25, -0.2) is 0 Å². The molecule has 10 heterocycles. The molecule has 2 amide bonds. The maximum Gasteiger partial charge on any atom is 0.217 e. The van der Waals surface area contributed by atoms with E-state index in [4.69, 9.17) is 90.0 Å². The lowest BCUT2D eigenvalue weighted by Crippen LogP contribution is -2.70. The normalized spacial score (nSPS) is 49.8. The Balaban J connectivity index is 0.937. The molecule has 51 atom stereocenters. The van der Waals surface area contributed by atoms with Gasteiger partial charge in [0.2, 0.25) is 11.8 Å². The summed E-state index contributed by atoms with van der Waals surface area (Å²) in [5, 5.41) is 316. The Morgan fingerprint density at radius 2 is 0.664 bits per heavy atom. The topological polar surface area (TPSA) is 800 Å². The van der Waals surface area contributed by atoms with Gasteiger partial charge < -0.3 is 244 Å². The maximum atomic E-state index is 13.1. The highest BCUT2D eigenvalue weighted by Crippen LogP contribution is 2.42. The number of nitrogens with one attached hydrogen (secondary N) is 2. The molecule has 710 valence electrons. The first-order valence-electron chi connectivity index (χ1n) is 40.1. The van der Waals surface area contributed by atoms with Gasteiger partial charge in [0.25, 0.3) is 0 Å². The zero-order valence-corrected chi connectivity index (χ0v) is 66.9. The van der Waals surface area contributed by atoms with Crippen LogP contribution in [0.15, 0.2) is 0 Å². The van der Waals surface area contributed by atoms with Gasteiger partial charge in [0, 0.05) is 32.1 Å². The van der Waals surface area contributed by atoms with Crippen LogP contribution in [0.2, 0.25) is 0 Å². The Kier molecular flexibility index (Phi) is 36.8. The van der Waals surface area contributed by atoms with Crippen molar-refractivity contribution < 1.29 is 243 Å².